The van der Waals surface area contributed by atoms with Crippen LogP contribution in [0.1, 0.15) is 47.7 Å². The lowest BCUT2D eigenvalue weighted by Crippen LogP contribution is -2.33. The van der Waals surface area contributed by atoms with Gasteiger partial charge in [-0.1, -0.05) is 19.1 Å². The maximum Gasteiger partial charge on any atom is 0.251 e. The molecule has 0 saturated heterocycles. The number of aryl methyl sites for hydroxylation is 1. The fraction of sp³-hybridized carbons (Fsp3) is 0.333. The number of carbonyl (C=O) groups excluding carboxylic acids is 1. The van der Waals surface area contributed by atoms with Crippen LogP contribution in [0.3, 0.4) is 0 Å². The van der Waals surface area contributed by atoms with E-state index in [1.165, 1.54) is 6.21 Å². The van der Waals surface area contributed by atoms with Crippen LogP contribution < -0.4 is 16.4 Å². The number of aromatic nitrogens is 3. The molecule has 1 aromatic heterocycles. The minimum absolute atomic E-state index is 0.197. The van der Waals surface area contributed by atoms with Crippen molar-refractivity contribution in [2.24, 2.45) is 7.05 Å². The van der Waals surface area contributed by atoms with E-state index >= 15 is 0 Å². The number of benzene rings is 2. The second-order valence-corrected chi connectivity index (χ2v) is 8.45. The summed E-state index contributed by atoms with van der Waals surface area (Å²) in [6.45, 7) is 1.99. The van der Waals surface area contributed by atoms with E-state index < -0.39 is 12.0 Å². The van der Waals surface area contributed by atoms with Gasteiger partial charge in [0.05, 0.1) is 0 Å². The number of rotatable bonds is 7. The highest BCUT2D eigenvalue weighted by Crippen LogP contribution is 2.35. The highest BCUT2D eigenvalue weighted by Gasteiger charge is 2.40. The van der Waals surface area contributed by atoms with Crippen molar-refractivity contribution in [3.8, 4) is 11.4 Å². The molecule has 1 aliphatic rings. The lowest BCUT2D eigenvalue weighted by Gasteiger charge is -2.14. The summed E-state index contributed by atoms with van der Waals surface area (Å²) in [4.78, 5) is 17.0. The van der Waals surface area contributed by atoms with Gasteiger partial charge in [0.1, 0.15) is 0 Å². The Kier molecular flexibility index (Phi) is 6.32. The number of amides is 1. The van der Waals surface area contributed by atoms with Crippen molar-refractivity contribution in [1.82, 2.24) is 20.1 Å². The zero-order chi connectivity index (χ0) is 24.5. The number of hydrogen-bond donors (Lipinski definition) is 4. The van der Waals surface area contributed by atoms with Gasteiger partial charge in [-0.15, -0.1) is 5.10 Å². The highest BCUT2D eigenvalue weighted by atomic mass is 19.3. The third kappa shape index (κ3) is 4.75. The Morgan fingerprint density at radius 2 is 2.03 bits per heavy atom. The molecule has 34 heavy (non-hydrogen) atoms. The second kappa shape index (κ2) is 9.20. The third-order valence-corrected chi connectivity index (χ3v) is 6.04. The van der Waals surface area contributed by atoms with Gasteiger partial charge in [-0.05, 0) is 42.7 Å². The summed E-state index contributed by atoms with van der Waals surface area (Å²) in [6.07, 6.45) is 1.69. The van der Waals surface area contributed by atoms with Gasteiger partial charge in [-0.3, -0.25) is 4.79 Å². The Balaban J connectivity index is 1.49. The highest BCUT2D eigenvalue weighted by molar-refractivity contribution is 5.95. The smallest absolute Gasteiger partial charge is 0.251 e. The molecule has 1 saturated carbocycles. The summed E-state index contributed by atoms with van der Waals surface area (Å²) in [7, 11) is 1.76. The quantitative estimate of drug-likeness (QED) is 0.305. The van der Waals surface area contributed by atoms with E-state index in [0.29, 0.717) is 40.6 Å². The molecule has 10 heteroatoms. The number of carbonyl (C=O) groups is 1. The zero-order valence-corrected chi connectivity index (χ0v) is 19.0. The standard InChI is InChI=1S/C24H27F2N7O/c1-3-17-18(13-27)19(28)8-9-20(17)30-23-31-21(32-33(23)2)14-4-6-15(7-5-14)22(34)29-16-10-11-24(25,26)12-16/h4-9,13,16,27H,3,10-12,28H2,1-2H3,(H,29,34)(H,30,31,32). The van der Waals surface area contributed by atoms with E-state index in [1.807, 2.05) is 13.0 Å². The van der Waals surface area contributed by atoms with Crippen LogP contribution in [0.2, 0.25) is 0 Å². The van der Waals surface area contributed by atoms with Crippen LogP contribution in [0.25, 0.3) is 11.4 Å². The van der Waals surface area contributed by atoms with Crippen LogP contribution in [-0.4, -0.2) is 38.9 Å². The predicted octanol–water partition coefficient (Wildman–Crippen LogP) is 4.29. The van der Waals surface area contributed by atoms with Crippen molar-refractivity contribution in [2.75, 3.05) is 11.1 Å². The molecule has 178 valence electrons. The molecule has 4 rings (SSSR count). The Morgan fingerprint density at radius 1 is 1.29 bits per heavy atom. The fourth-order valence-electron chi connectivity index (χ4n) is 4.20. The van der Waals surface area contributed by atoms with Gasteiger partial charge >= 0.3 is 0 Å². The number of alkyl halides is 2. The average molecular weight is 468 g/mol. The topological polar surface area (TPSA) is 122 Å². The summed E-state index contributed by atoms with van der Waals surface area (Å²) in [6, 6.07) is 9.80. The Bertz CT molecular complexity index is 1220. The largest absolute Gasteiger partial charge is 0.398 e. The molecule has 1 amide bonds. The van der Waals surface area contributed by atoms with E-state index in [9.17, 15) is 13.6 Å². The molecule has 1 fully saturated rings. The Hall–Kier alpha value is -3.82. The van der Waals surface area contributed by atoms with Gasteiger partial charge < -0.3 is 21.8 Å². The summed E-state index contributed by atoms with van der Waals surface area (Å²) < 4.78 is 28.3. The summed E-state index contributed by atoms with van der Waals surface area (Å²) >= 11 is 0. The molecule has 1 unspecified atom stereocenters. The lowest BCUT2D eigenvalue weighted by atomic mass is 10.0. The van der Waals surface area contributed by atoms with E-state index in [-0.39, 0.29) is 25.2 Å². The summed E-state index contributed by atoms with van der Waals surface area (Å²) in [5.74, 6) is -2.10. The van der Waals surface area contributed by atoms with Crippen molar-refractivity contribution in [1.29, 1.82) is 5.41 Å². The normalized spacial score (nSPS) is 16.9. The average Bonchev–Trinajstić information content (AvgIpc) is 3.35. The van der Waals surface area contributed by atoms with Crippen molar-refractivity contribution in [3.05, 3.63) is 53.1 Å². The van der Waals surface area contributed by atoms with Gasteiger partial charge in [0.2, 0.25) is 11.9 Å². The van der Waals surface area contributed by atoms with E-state index in [2.05, 4.69) is 20.7 Å². The molecule has 8 nitrogen and oxygen atoms in total. The molecule has 1 atom stereocenters. The first kappa shape index (κ1) is 23.3. The van der Waals surface area contributed by atoms with Gasteiger partial charge in [0.25, 0.3) is 5.91 Å². The van der Waals surface area contributed by atoms with Crippen molar-refractivity contribution >= 4 is 29.4 Å². The van der Waals surface area contributed by atoms with Crippen molar-refractivity contribution in [2.45, 2.75) is 44.6 Å². The van der Waals surface area contributed by atoms with Crippen LogP contribution in [0, 0.1) is 5.41 Å². The first-order chi connectivity index (χ1) is 16.2. The van der Waals surface area contributed by atoms with Gasteiger partial charge in [0, 0.05) is 60.2 Å². The Morgan fingerprint density at radius 3 is 2.65 bits per heavy atom. The molecule has 1 heterocycles. The number of halogens is 2. The van der Waals surface area contributed by atoms with Crippen LogP contribution >= 0.6 is 0 Å². The van der Waals surface area contributed by atoms with Crippen LogP contribution in [-0.2, 0) is 13.5 Å². The monoisotopic (exact) mass is 467 g/mol. The molecule has 0 bridgehead atoms. The van der Waals surface area contributed by atoms with E-state index in [4.69, 9.17) is 11.1 Å². The minimum atomic E-state index is -2.70. The van der Waals surface area contributed by atoms with Gasteiger partial charge in [-0.2, -0.15) is 4.98 Å². The number of nitrogens with one attached hydrogen (secondary N) is 3. The molecule has 0 spiro atoms. The van der Waals surface area contributed by atoms with E-state index in [1.54, 1.807) is 42.1 Å². The number of nitrogen functional groups attached to an aromatic ring is 1. The molecular formula is C24H27F2N7O. The number of anilines is 3. The van der Waals surface area contributed by atoms with Crippen LogP contribution in [0.5, 0.6) is 0 Å². The van der Waals surface area contributed by atoms with E-state index in [0.717, 1.165) is 11.3 Å². The van der Waals surface area contributed by atoms with Gasteiger partial charge in [0.15, 0.2) is 5.82 Å². The first-order valence-corrected chi connectivity index (χ1v) is 11.1. The molecule has 1 aliphatic carbocycles. The maximum atomic E-state index is 13.4. The number of hydrogen-bond acceptors (Lipinski definition) is 6. The minimum Gasteiger partial charge on any atom is -0.398 e. The molecule has 5 N–H and O–H groups in total. The molecule has 0 aliphatic heterocycles. The first-order valence-electron chi connectivity index (χ1n) is 11.1. The molecule has 0 radical (unpaired) electrons. The second-order valence-electron chi connectivity index (χ2n) is 8.45. The van der Waals surface area contributed by atoms with Crippen molar-refractivity contribution < 1.29 is 13.6 Å². The zero-order valence-electron chi connectivity index (χ0n) is 19.0. The number of nitrogens with two attached hydrogens (primary N) is 1. The molecular weight excluding hydrogens is 440 g/mol. The maximum absolute atomic E-state index is 13.4. The number of nitrogens with zero attached hydrogens (tertiary/aromatic N) is 3. The SMILES string of the molecule is CCc1c(Nc2nc(-c3ccc(C(=O)NC4CCC(F)(F)C4)cc3)nn2C)ccc(N)c1C=N. The third-order valence-electron chi connectivity index (χ3n) is 6.04. The summed E-state index contributed by atoms with van der Waals surface area (Å²) in [5, 5.41) is 18.1. The van der Waals surface area contributed by atoms with Crippen LogP contribution in [0.4, 0.5) is 26.1 Å². The predicted molar refractivity (Wildman–Crippen MR) is 128 cm³/mol. The molecule has 2 aromatic carbocycles. The van der Waals surface area contributed by atoms with Gasteiger partial charge in [-0.25, -0.2) is 13.5 Å². The lowest BCUT2D eigenvalue weighted by molar-refractivity contribution is 0.00711. The van der Waals surface area contributed by atoms with Crippen LogP contribution in [0.15, 0.2) is 36.4 Å². The Labute approximate surface area is 196 Å². The fourth-order valence-corrected chi connectivity index (χ4v) is 4.20. The molecule has 3 aromatic rings. The summed E-state index contributed by atoms with van der Waals surface area (Å²) in [5.41, 5.74) is 10.0. The van der Waals surface area contributed by atoms with Crippen molar-refractivity contribution in [3.63, 3.8) is 0 Å².